The molecule has 1 aromatic rings. The van der Waals surface area contributed by atoms with E-state index < -0.39 is 0 Å². The Balaban J connectivity index is 1.80. The summed E-state index contributed by atoms with van der Waals surface area (Å²) in [5.74, 6) is 0.0399. The van der Waals surface area contributed by atoms with Gasteiger partial charge in [0.15, 0.2) is 0 Å². The smallest absolute Gasteiger partial charge is 0.226 e. The molecule has 16 heavy (non-hydrogen) atoms. The van der Waals surface area contributed by atoms with E-state index in [9.17, 15) is 4.79 Å². The maximum atomic E-state index is 11.7. The van der Waals surface area contributed by atoms with E-state index >= 15 is 0 Å². The topological polar surface area (TPSA) is 38.3 Å². The van der Waals surface area contributed by atoms with Gasteiger partial charge in [-0.05, 0) is 31.4 Å². The van der Waals surface area contributed by atoms with Crippen LogP contribution in [0.4, 0.5) is 5.69 Å². The van der Waals surface area contributed by atoms with Crippen LogP contribution in [0.2, 0.25) is 0 Å². The van der Waals surface area contributed by atoms with Gasteiger partial charge < -0.3 is 10.1 Å². The van der Waals surface area contributed by atoms with E-state index in [0.717, 1.165) is 25.1 Å². The fraction of sp³-hybridized carbons (Fsp3) is 0.462. The lowest BCUT2D eigenvalue weighted by molar-refractivity contribution is -0.119. The first kappa shape index (κ1) is 11.1. The van der Waals surface area contributed by atoms with Crippen LogP contribution in [0.15, 0.2) is 30.3 Å². The number of nitrogens with one attached hydrogen (secondary N) is 1. The molecule has 1 fully saturated rings. The van der Waals surface area contributed by atoms with Crippen LogP contribution < -0.4 is 5.32 Å². The molecule has 1 atom stereocenters. The molecule has 0 aliphatic carbocycles. The predicted molar refractivity (Wildman–Crippen MR) is 63.3 cm³/mol. The summed E-state index contributed by atoms with van der Waals surface area (Å²) in [6.45, 7) is 0.795. The summed E-state index contributed by atoms with van der Waals surface area (Å²) in [7, 11) is 0. The molecule has 1 unspecified atom stereocenters. The van der Waals surface area contributed by atoms with Gasteiger partial charge in [0.1, 0.15) is 0 Å². The molecule has 1 heterocycles. The lowest BCUT2D eigenvalue weighted by Gasteiger charge is -2.21. The molecule has 1 N–H and O–H groups in total. The Morgan fingerprint density at radius 2 is 2.12 bits per heavy atom. The van der Waals surface area contributed by atoms with Crippen molar-refractivity contribution in [2.24, 2.45) is 0 Å². The zero-order valence-corrected chi connectivity index (χ0v) is 9.32. The monoisotopic (exact) mass is 219 g/mol. The summed E-state index contributed by atoms with van der Waals surface area (Å²) >= 11 is 0. The summed E-state index contributed by atoms with van der Waals surface area (Å²) in [5, 5.41) is 2.87. The highest BCUT2D eigenvalue weighted by atomic mass is 16.5. The summed E-state index contributed by atoms with van der Waals surface area (Å²) in [6.07, 6.45) is 3.87. The molecule has 1 saturated heterocycles. The van der Waals surface area contributed by atoms with Gasteiger partial charge in [0.05, 0.1) is 12.5 Å². The van der Waals surface area contributed by atoms with Crippen LogP contribution in [-0.4, -0.2) is 18.6 Å². The average Bonchev–Trinajstić information content (AvgIpc) is 2.31. The number of carbonyl (C=O) groups is 1. The van der Waals surface area contributed by atoms with Crippen molar-refractivity contribution >= 4 is 11.6 Å². The van der Waals surface area contributed by atoms with Crippen LogP contribution in [0, 0.1) is 0 Å². The molecule has 0 saturated carbocycles. The van der Waals surface area contributed by atoms with E-state index in [1.165, 1.54) is 6.42 Å². The fourth-order valence-corrected chi connectivity index (χ4v) is 1.91. The van der Waals surface area contributed by atoms with Crippen LogP contribution in [0.3, 0.4) is 0 Å². The molecule has 1 aliphatic rings. The van der Waals surface area contributed by atoms with Crippen molar-refractivity contribution in [2.75, 3.05) is 11.9 Å². The number of para-hydroxylation sites is 1. The van der Waals surface area contributed by atoms with E-state index in [4.69, 9.17) is 4.74 Å². The van der Waals surface area contributed by atoms with Crippen LogP contribution in [0.5, 0.6) is 0 Å². The Bertz CT molecular complexity index is 331. The largest absolute Gasteiger partial charge is 0.378 e. The highest BCUT2D eigenvalue weighted by molar-refractivity contribution is 5.90. The molecular formula is C13H17NO2. The number of amides is 1. The van der Waals surface area contributed by atoms with Crippen molar-refractivity contribution < 1.29 is 9.53 Å². The number of rotatable bonds is 3. The van der Waals surface area contributed by atoms with Crippen molar-refractivity contribution in [3.05, 3.63) is 30.3 Å². The number of anilines is 1. The third kappa shape index (κ3) is 3.35. The highest BCUT2D eigenvalue weighted by Gasteiger charge is 2.17. The van der Waals surface area contributed by atoms with E-state index in [0.29, 0.717) is 6.42 Å². The van der Waals surface area contributed by atoms with E-state index in [-0.39, 0.29) is 12.0 Å². The van der Waals surface area contributed by atoms with Crippen molar-refractivity contribution in [2.45, 2.75) is 31.8 Å². The van der Waals surface area contributed by atoms with Crippen LogP contribution in [0.25, 0.3) is 0 Å². The third-order valence-corrected chi connectivity index (χ3v) is 2.74. The van der Waals surface area contributed by atoms with E-state index in [1.54, 1.807) is 0 Å². The second kappa shape index (κ2) is 5.66. The molecular weight excluding hydrogens is 202 g/mol. The molecule has 86 valence electrons. The second-order valence-corrected chi connectivity index (χ2v) is 4.11. The van der Waals surface area contributed by atoms with E-state index in [2.05, 4.69) is 5.32 Å². The van der Waals surface area contributed by atoms with Gasteiger partial charge in [-0.2, -0.15) is 0 Å². The molecule has 1 amide bonds. The summed E-state index contributed by atoms with van der Waals surface area (Å²) in [4.78, 5) is 11.7. The lowest BCUT2D eigenvalue weighted by atomic mass is 10.1. The minimum absolute atomic E-state index is 0.0399. The van der Waals surface area contributed by atoms with Gasteiger partial charge in [-0.3, -0.25) is 4.79 Å². The molecule has 0 radical (unpaired) electrons. The summed E-state index contributed by atoms with van der Waals surface area (Å²) in [5.41, 5.74) is 0.850. The van der Waals surface area contributed by atoms with Gasteiger partial charge in [0.25, 0.3) is 0 Å². The predicted octanol–water partition coefficient (Wildman–Crippen LogP) is 2.58. The summed E-state index contributed by atoms with van der Waals surface area (Å²) < 4.78 is 5.53. The molecule has 0 bridgehead atoms. The zero-order chi connectivity index (χ0) is 11.2. The van der Waals surface area contributed by atoms with Crippen LogP contribution in [0.1, 0.15) is 25.7 Å². The average molecular weight is 219 g/mol. The SMILES string of the molecule is O=C(CC1CCCCO1)Nc1ccccc1. The molecule has 0 aromatic heterocycles. The number of hydrogen-bond donors (Lipinski definition) is 1. The van der Waals surface area contributed by atoms with Gasteiger partial charge in [0, 0.05) is 12.3 Å². The minimum Gasteiger partial charge on any atom is -0.378 e. The zero-order valence-electron chi connectivity index (χ0n) is 9.32. The standard InChI is InChI=1S/C13H17NO2/c15-13(10-12-8-4-5-9-16-12)14-11-6-2-1-3-7-11/h1-3,6-7,12H,4-5,8-10H2,(H,14,15). The quantitative estimate of drug-likeness (QED) is 0.848. The Morgan fingerprint density at radius 3 is 2.81 bits per heavy atom. The van der Waals surface area contributed by atoms with E-state index in [1.807, 2.05) is 30.3 Å². The number of benzene rings is 1. The molecule has 0 spiro atoms. The van der Waals surface area contributed by atoms with Gasteiger partial charge in [-0.1, -0.05) is 18.2 Å². The Labute approximate surface area is 95.8 Å². The van der Waals surface area contributed by atoms with Crippen LogP contribution in [-0.2, 0) is 9.53 Å². The molecule has 3 heteroatoms. The highest BCUT2D eigenvalue weighted by Crippen LogP contribution is 2.16. The molecule has 1 aromatic carbocycles. The Morgan fingerprint density at radius 1 is 1.31 bits per heavy atom. The normalized spacial score (nSPS) is 20.4. The Kier molecular flexibility index (Phi) is 3.94. The molecule has 1 aliphatic heterocycles. The van der Waals surface area contributed by atoms with Crippen molar-refractivity contribution in [1.82, 2.24) is 0 Å². The number of ether oxygens (including phenoxy) is 1. The van der Waals surface area contributed by atoms with Gasteiger partial charge in [-0.25, -0.2) is 0 Å². The second-order valence-electron chi connectivity index (χ2n) is 4.11. The third-order valence-electron chi connectivity index (χ3n) is 2.74. The van der Waals surface area contributed by atoms with Gasteiger partial charge in [-0.15, -0.1) is 0 Å². The maximum absolute atomic E-state index is 11.7. The van der Waals surface area contributed by atoms with Gasteiger partial charge in [0.2, 0.25) is 5.91 Å². The van der Waals surface area contributed by atoms with Crippen molar-refractivity contribution in [3.8, 4) is 0 Å². The van der Waals surface area contributed by atoms with Crippen molar-refractivity contribution in [1.29, 1.82) is 0 Å². The Hall–Kier alpha value is -1.35. The van der Waals surface area contributed by atoms with Crippen molar-refractivity contribution in [3.63, 3.8) is 0 Å². The minimum atomic E-state index is 0.0399. The van der Waals surface area contributed by atoms with Gasteiger partial charge >= 0.3 is 0 Å². The summed E-state index contributed by atoms with van der Waals surface area (Å²) in [6, 6.07) is 9.53. The first-order valence-electron chi connectivity index (χ1n) is 5.81. The first-order chi connectivity index (χ1) is 7.84. The lowest BCUT2D eigenvalue weighted by Crippen LogP contribution is -2.25. The fourth-order valence-electron chi connectivity index (χ4n) is 1.91. The maximum Gasteiger partial charge on any atom is 0.226 e. The number of hydrogen-bond acceptors (Lipinski definition) is 2. The first-order valence-corrected chi connectivity index (χ1v) is 5.81. The number of carbonyl (C=O) groups excluding carboxylic acids is 1. The molecule has 3 nitrogen and oxygen atoms in total. The molecule has 2 rings (SSSR count). The van der Waals surface area contributed by atoms with Crippen LogP contribution >= 0.6 is 0 Å².